The van der Waals surface area contributed by atoms with Crippen molar-refractivity contribution in [2.45, 2.75) is 12.8 Å². The number of ether oxygens (including phenoxy) is 2. The number of hydrogen-bond donors (Lipinski definition) is 0. The lowest BCUT2D eigenvalue weighted by molar-refractivity contribution is 0.00214. The highest BCUT2D eigenvalue weighted by molar-refractivity contribution is 9.11. The van der Waals surface area contributed by atoms with Crippen LogP contribution in [-0.4, -0.2) is 34.0 Å². The number of hydrogen-bond acceptors (Lipinski definition) is 4. The predicted octanol–water partition coefficient (Wildman–Crippen LogP) is 3.96. The average Bonchev–Trinajstić information content (AvgIpc) is 2.37. The van der Waals surface area contributed by atoms with Crippen LogP contribution in [-0.2, 0) is 13.8 Å². The summed E-state index contributed by atoms with van der Waals surface area (Å²) in [5.41, 5.74) is -0.495. The molecule has 0 saturated carbocycles. The molecule has 0 aromatic heterocycles. The van der Waals surface area contributed by atoms with Crippen molar-refractivity contribution < 1.29 is 17.9 Å². The minimum absolute atomic E-state index is 0.0982. The van der Waals surface area contributed by atoms with Gasteiger partial charge in [-0.2, -0.15) is 0 Å². The van der Waals surface area contributed by atoms with Crippen LogP contribution in [0.25, 0.3) is 0 Å². The van der Waals surface area contributed by atoms with Gasteiger partial charge in [-0.3, -0.25) is 0 Å². The monoisotopic (exact) mass is 460 g/mol. The molecule has 0 atom stereocenters. The van der Waals surface area contributed by atoms with Gasteiger partial charge in [-0.25, -0.2) is 8.42 Å². The van der Waals surface area contributed by atoms with Crippen molar-refractivity contribution in [1.82, 2.24) is 0 Å². The van der Waals surface area contributed by atoms with E-state index in [0.29, 0.717) is 38.4 Å². The largest absolute Gasteiger partial charge is 0.492 e. The first kappa shape index (κ1) is 17.5. The Morgan fingerprint density at radius 3 is 2.52 bits per heavy atom. The Hall–Kier alpha value is 0.180. The number of benzene rings is 1. The maximum absolute atomic E-state index is 11.5. The molecule has 118 valence electrons. The van der Waals surface area contributed by atoms with Gasteiger partial charge in [-0.15, -0.1) is 0 Å². The van der Waals surface area contributed by atoms with Gasteiger partial charge in [0.2, 0.25) is 9.05 Å². The van der Waals surface area contributed by atoms with Gasteiger partial charge in [-0.05, 0) is 47.0 Å². The maximum Gasteiger partial charge on any atom is 0.233 e. The molecule has 1 fully saturated rings. The predicted molar refractivity (Wildman–Crippen MR) is 89.5 cm³/mol. The summed E-state index contributed by atoms with van der Waals surface area (Å²) in [5.74, 6) is 0.579. The molecule has 0 bridgehead atoms. The van der Waals surface area contributed by atoms with Crippen LogP contribution in [0.15, 0.2) is 27.1 Å². The Kier molecular flexibility index (Phi) is 5.99. The second-order valence-corrected chi connectivity index (χ2v) is 9.71. The molecule has 1 aliphatic rings. The summed E-state index contributed by atoms with van der Waals surface area (Å²) < 4.78 is 35.9. The zero-order valence-corrected chi connectivity index (χ0v) is 15.9. The average molecular weight is 463 g/mol. The summed E-state index contributed by atoms with van der Waals surface area (Å²) >= 11 is 6.80. The molecule has 21 heavy (non-hydrogen) atoms. The van der Waals surface area contributed by atoms with E-state index in [1.165, 1.54) is 0 Å². The van der Waals surface area contributed by atoms with Crippen molar-refractivity contribution in [1.29, 1.82) is 0 Å². The summed E-state index contributed by atoms with van der Waals surface area (Å²) in [7, 11) is 1.86. The highest BCUT2D eigenvalue weighted by atomic mass is 79.9. The molecule has 0 amide bonds. The number of halogens is 3. The molecule has 1 aliphatic heterocycles. The minimum atomic E-state index is -3.59. The first-order chi connectivity index (χ1) is 9.80. The van der Waals surface area contributed by atoms with Gasteiger partial charge in [0.25, 0.3) is 0 Å². The third-order valence-electron chi connectivity index (χ3n) is 3.46. The Bertz CT molecular complexity index is 600. The van der Waals surface area contributed by atoms with Gasteiger partial charge >= 0.3 is 0 Å². The Balaban J connectivity index is 2.12. The summed E-state index contributed by atoms with van der Waals surface area (Å²) in [4.78, 5) is 0. The fourth-order valence-electron chi connectivity index (χ4n) is 2.32. The summed E-state index contributed by atoms with van der Waals surface area (Å²) in [5, 5.41) is 0. The second kappa shape index (κ2) is 7.17. The van der Waals surface area contributed by atoms with E-state index in [1.807, 2.05) is 18.2 Å². The molecule has 8 heteroatoms. The minimum Gasteiger partial charge on any atom is -0.492 e. The van der Waals surface area contributed by atoms with Crippen LogP contribution in [0.4, 0.5) is 0 Å². The molecule has 1 saturated heterocycles. The third-order valence-corrected chi connectivity index (χ3v) is 5.86. The van der Waals surface area contributed by atoms with E-state index in [1.54, 1.807) is 0 Å². The van der Waals surface area contributed by atoms with E-state index >= 15 is 0 Å². The van der Waals surface area contributed by atoms with Gasteiger partial charge in [0.1, 0.15) is 5.75 Å². The highest BCUT2D eigenvalue weighted by Gasteiger charge is 2.37. The maximum atomic E-state index is 11.5. The molecule has 0 aliphatic carbocycles. The molecule has 1 aromatic rings. The molecular formula is C13H15Br2ClO4S. The van der Waals surface area contributed by atoms with Crippen molar-refractivity contribution >= 4 is 51.6 Å². The summed E-state index contributed by atoms with van der Waals surface area (Å²) in [6, 6.07) is 5.58. The normalized spacial score (nSPS) is 18.4. The molecule has 0 spiro atoms. The summed E-state index contributed by atoms with van der Waals surface area (Å²) in [6.45, 7) is 1.34. The van der Waals surface area contributed by atoms with E-state index in [2.05, 4.69) is 31.9 Å². The van der Waals surface area contributed by atoms with E-state index in [0.717, 1.165) is 8.95 Å². The molecule has 1 aromatic carbocycles. The van der Waals surface area contributed by atoms with E-state index in [-0.39, 0.29) is 5.75 Å². The molecule has 0 N–H and O–H groups in total. The zero-order valence-electron chi connectivity index (χ0n) is 11.1. The quantitative estimate of drug-likeness (QED) is 0.622. The van der Waals surface area contributed by atoms with Crippen LogP contribution in [0, 0.1) is 5.41 Å². The SMILES string of the molecule is O=S(=O)(Cl)CC1(COc2ccc(Br)cc2Br)CCOCC1. The van der Waals surface area contributed by atoms with Crippen LogP contribution in [0.1, 0.15) is 12.8 Å². The molecule has 4 nitrogen and oxygen atoms in total. The molecular weight excluding hydrogens is 447 g/mol. The fraction of sp³-hybridized carbons (Fsp3) is 0.538. The van der Waals surface area contributed by atoms with Gasteiger partial charge in [0.05, 0.1) is 16.8 Å². The van der Waals surface area contributed by atoms with Crippen molar-refractivity contribution in [3.63, 3.8) is 0 Å². The topological polar surface area (TPSA) is 52.6 Å². The van der Waals surface area contributed by atoms with Crippen molar-refractivity contribution in [2.24, 2.45) is 5.41 Å². The van der Waals surface area contributed by atoms with Crippen LogP contribution >= 0.6 is 42.5 Å². The molecule has 1 heterocycles. The summed E-state index contributed by atoms with van der Waals surface area (Å²) in [6.07, 6.45) is 1.24. The van der Waals surface area contributed by atoms with Crippen molar-refractivity contribution in [3.8, 4) is 5.75 Å². The van der Waals surface area contributed by atoms with E-state index in [9.17, 15) is 8.42 Å². The van der Waals surface area contributed by atoms with Crippen LogP contribution < -0.4 is 4.74 Å². The standard InChI is InChI=1S/C13H15Br2ClO4S/c14-10-1-2-12(11(15)7-10)20-8-13(9-21(16,17)18)3-5-19-6-4-13/h1-2,7H,3-6,8-9H2. The van der Waals surface area contributed by atoms with Gasteiger partial charge in [0.15, 0.2) is 0 Å². The van der Waals surface area contributed by atoms with Crippen LogP contribution in [0.3, 0.4) is 0 Å². The highest BCUT2D eigenvalue weighted by Crippen LogP contribution is 2.36. The zero-order chi connectivity index (χ0) is 15.5. The van der Waals surface area contributed by atoms with Crippen LogP contribution in [0.2, 0.25) is 0 Å². The lowest BCUT2D eigenvalue weighted by Crippen LogP contribution is -2.40. The molecule has 0 radical (unpaired) electrons. The fourth-order valence-corrected chi connectivity index (χ4v) is 5.28. The Morgan fingerprint density at radius 1 is 1.29 bits per heavy atom. The smallest absolute Gasteiger partial charge is 0.233 e. The van der Waals surface area contributed by atoms with E-state index < -0.39 is 14.5 Å². The van der Waals surface area contributed by atoms with E-state index in [4.69, 9.17) is 20.2 Å². The van der Waals surface area contributed by atoms with Crippen molar-refractivity contribution in [3.05, 3.63) is 27.1 Å². The van der Waals surface area contributed by atoms with Crippen LogP contribution in [0.5, 0.6) is 5.75 Å². The lowest BCUT2D eigenvalue weighted by atomic mass is 9.83. The lowest BCUT2D eigenvalue weighted by Gasteiger charge is -2.35. The Labute approximate surface area is 145 Å². The first-order valence-corrected chi connectivity index (χ1v) is 10.4. The molecule has 0 unspecified atom stereocenters. The second-order valence-electron chi connectivity index (χ2n) is 5.16. The third kappa shape index (κ3) is 5.39. The van der Waals surface area contributed by atoms with Gasteiger partial charge in [0, 0.05) is 33.8 Å². The van der Waals surface area contributed by atoms with Gasteiger partial charge < -0.3 is 9.47 Å². The first-order valence-electron chi connectivity index (χ1n) is 6.38. The van der Waals surface area contributed by atoms with Crippen molar-refractivity contribution in [2.75, 3.05) is 25.6 Å². The number of rotatable bonds is 5. The Morgan fingerprint density at radius 2 is 1.95 bits per heavy atom. The van der Waals surface area contributed by atoms with Gasteiger partial charge in [-0.1, -0.05) is 15.9 Å². The molecule has 2 rings (SSSR count).